The zero-order valence-electron chi connectivity index (χ0n) is 6.53. The van der Waals surface area contributed by atoms with Gasteiger partial charge < -0.3 is 5.11 Å². The second kappa shape index (κ2) is 3.23. The van der Waals surface area contributed by atoms with Crippen LogP contribution in [0.3, 0.4) is 0 Å². The van der Waals surface area contributed by atoms with Crippen molar-refractivity contribution in [1.82, 2.24) is 5.48 Å². The Morgan fingerprint density at radius 2 is 2.08 bits per heavy atom. The van der Waals surface area contributed by atoms with Crippen LogP contribution in [0.2, 0.25) is 0 Å². The fourth-order valence-corrected chi connectivity index (χ4v) is 0.959. The van der Waals surface area contributed by atoms with Crippen LogP contribution in [0.25, 0.3) is 0 Å². The number of carbonyl (C=O) groups is 1. The third-order valence-corrected chi connectivity index (χ3v) is 1.43. The van der Waals surface area contributed by atoms with Gasteiger partial charge in [-0.2, -0.15) is 0 Å². The molecule has 1 aromatic carbocycles. The van der Waals surface area contributed by atoms with Crippen LogP contribution >= 0.6 is 0 Å². The van der Waals surface area contributed by atoms with Crippen LogP contribution in [-0.2, 0) is 0 Å². The fraction of sp³-hybridized carbons (Fsp3) is 0.125. The number of phenols is 1. The number of nitrogens with one attached hydrogen (secondary N) is 1. The predicted molar refractivity (Wildman–Crippen MR) is 42.1 cm³/mol. The molecule has 1 aromatic rings. The third kappa shape index (κ3) is 1.73. The monoisotopic (exact) mass is 167 g/mol. The number of rotatable bonds is 1. The Kier molecular flexibility index (Phi) is 2.30. The summed E-state index contributed by atoms with van der Waals surface area (Å²) < 4.78 is 0. The highest BCUT2D eigenvalue weighted by Crippen LogP contribution is 2.14. The molecular formula is C8H9NO3. The summed E-state index contributed by atoms with van der Waals surface area (Å²) in [4.78, 5) is 10.8. The molecule has 0 aliphatic rings. The topological polar surface area (TPSA) is 69.6 Å². The molecule has 0 atom stereocenters. The lowest BCUT2D eigenvalue weighted by atomic mass is 10.1. The molecule has 0 saturated carbocycles. The molecule has 0 aliphatic heterocycles. The van der Waals surface area contributed by atoms with Gasteiger partial charge in [0.2, 0.25) is 0 Å². The van der Waals surface area contributed by atoms with Gasteiger partial charge in [-0.15, -0.1) is 0 Å². The molecule has 3 N–H and O–H groups in total. The van der Waals surface area contributed by atoms with E-state index in [4.69, 9.17) is 10.3 Å². The van der Waals surface area contributed by atoms with Crippen LogP contribution in [0.4, 0.5) is 0 Å². The average molecular weight is 167 g/mol. The largest absolute Gasteiger partial charge is 0.508 e. The number of carbonyl (C=O) groups excluding carboxylic acids is 1. The van der Waals surface area contributed by atoms with Gasteiger partial charge in [-0.1, -0.05) is 0 Å². The van der Waals surface area contributed by atoms with Crippen molar-refractivity contribution in [2.45, 2.75) is 6.92 Å². The minimum Gasteiger partial charge on any atom is -0.508 e. The van der Waals surface area contributed by atoms with Gasteiger partial charge in [-0.05, 0) is 30.7 Å². The van der Waals surface area contributed by atoms with Gasteiger partial charge in [-0.25, -0.2) is 5.48 Å². The highest BCUT2D eigenvalue weighted by molar-refractivity contribution is 5.93. The number of hydrogen-bond donors (Lipinski definition) is 3. The molecule has 4 heteroatoms. The molecule has 0 bridgehead atoms. The first-order chi connectivity index (χ1) is 5.63. The molecule has 0 radical (unpaired) electrons. The van der Waals surface area contributed by atoms with Crippen LogP contribution in [0, 0.1) is 6.92 Å². The molecule has 0 aromatic heterocycles. The Labute approximate surface area is 69.4 Å². The number of amides is 1. The summed E-state index contributed by atoms with van der Waals surface area (Å²) in [5.74, 6) is -0.623. The van der Waals surface area contributed by atoms with Crippen molar-refractivity contribution in [2.24, 2.45) is 0 Å². The number of aromatic hydroxyl groups is 1. The van der Waals surface area contributed by atoms with E-state index in [0.717, 1.165) is 5.56 Å². The Hall–Kier alpha value is -1.55. The van der Waals surface area contributed by atoms with Crippen molar-refractivity contribution in [1.29, 1.82) is 0 Å². The minimum absolute atomic E-state index is 0.00796. The summed E-state index contributed by atoms with van der Waals surface area (Å²) in [6, 6.07) is 4.36. The fourth-order valence-electron chi connectivity index (χ4n) is 0.959. The molecule has 1 amide bonds. The molecule has 64 valence electrons. The van der Waals surface area contributed by atoms with Crippen LogP contribution < -0.4 is 5.48 Å². The maximum Gasteiger partial charge on any atom is 0.274 e. The first-order valence-electron chi connectivity index (χ1n) is 3.38. The van der Waals surface area contributed by atoms with E-state index in [-0.39, 0.29) is 11.3 Å². The standard InChI is InChI=1S/C8H9NO3/c1-5-2-6(8(11)9-12)4-7(10)3-5/h2-4,10,12H,1H3,(H,9,11). The van der Waals surface area contributed by atoms with Gasteiger partial charge in [0.1, 0.15) is 5.75 Å². The van der Waals surface area contributed by atoms with Crippen molar-refractivity contribution in [3.05, 3.63) is 29.3 Å². The Morgan fingerprint density at radius 3 is 2.58 bits per heavy atom. The number of phenolic OH excluding ortho intramolecular Hbond substituents is 1. The third-order valence-electron chi connectivity index (χ3n) is 1.43. The average Bonchev–Trinajstić information content (AvgIpc) is 2.01. The van der Waals surface area contributed by atoms with E-state index in [2.05, 4.69) is 0 Å². The number of hydrogen-bond acceptors (Lipinski definition) is 3. The molecular weight excluding hydrogens is 158 g/mol. The predicted octanol–water partition coefficient (Wildman–Crippen LogP) is 0.820. The van der Waals surface area contributed by atoms with E-state index >= 15 is 0 Å². The van der Waals surface area contributed by atoms with Crippen molar-refractivity contribution in [3.63, 3.8) is 0 Å². The van der Waals surface area contributed by atoms with Crippen LogP contribution in [0.1, 0.15) is 15.9 Å². The van der Waals surface area contributed by atoms with Crippen molar-refractivity contribution >= 4 is 5.91 Å². The van der Waals surface area contributed by atoms with Gasteiger partial charge in [0.15, 0.2) is 0 Å². The van der Waals surface area contributed by atoms with E-state index in [9.17, 15) is 4.79 Å². The molecule has 0 spiro atoms. The molecule has 0 aliphatic carbocycles. The van der Waals surface area contributed by atoms with Gasteiger partial charge >= 0.3 is 0 Å². The maximum absolute atomic E-state index is 10.8. The summed E-state index contributed by atoms with van der Waals surface area (Å²) in [6.07, 6.45) is 0. The van der Waals surface area contributed by atoms with Crippen molar-refractivity contribution < 1.29 is 15.1 Å². The molecule has 12 heavy (non-hydrogen) atoms. The molecule has 0 unspecified atom stereocenters. The Bertz CT molecular complexity index is 289. The molecule has 0 heterocycles. The quantitative estimate of drug-likeness (QED) is 0.428. The van der Waals surface area contributed by atoms with E-state index in [0.29, 0.717) is 0 Å². The van der Waals surface area contributed by atoms with E-state index in [1.54, 1.807) is 13.0 Å². The van der Waals surface area contributed by atoms with Gasteiger partial charge in [0, 0.05) is 5.56 Å². The van der Waals surface area contributed by atoms with Crippen LogP contribution in [-0.4, -0.2) is 16.2 Å². The van der Waals surface area contributed by atoms with Gasteiger partial charge in [0.25, 0.3) is 5.91 Å². The lowest BCUT2D eigenvalue weighted by Crippen LogP contribution is -2.18. The van der Waals surface area contributed by atoms with Crippen LogP contribution in [0.5, 0.6) is 5.75 Å². The highest BCUT2D eigenvalue weighted by atomic mass is 16.5. The zero-order chi connectivity index (χ0) is 9.14. The summed E-state index contributed by atoms with van der Waals surface area (Å²) in [7, 11) is 0. The lowest BCUT2D eigenvalue weighted by Gasteiger charge is -2.00. The van der Waals surface area contributed by atoms with Gasteiger partial charge in [0.05, 0.1) is 0 Å². The highest BCUT2D eigenvalue weighted by Gasteiger charge is 2.04. The maximum atomic E-state index is 10.8. The van der Waals surface area contributed by atoms with Gasteiger partial charge in [-0.3, -0.25) is 10.0 Å². The molecule has 1 rings (SSSR count). The number of hydroxylamine groups is 1. The van der Waals surface area contributed by atoms with Crippen molar-refractivity contribution in [3.8, 4) is 5.75 Å². The lowest BCUT2D eigenvalue weighted by molar-refractivity contribution is 0.0706. The molecule has 0 saturated heterocycles. The Morgan fingerprint density at radius 1 is 1.42 bits per heavy atom. The summed E-state index contributed by atoms with van der Waals surface area (Å²) in [5.41, 5.74) is 2.48. The van der Waals surface area contributed by atoms with Crippen LogP contribution in [0.15, 0.2) is 18.2 Å². The van der Waals surface area contributed by atoms with E-state index < -0.39 is 5.91 Å². The number of benzene rings is 1. The first kappa shape index (κ1) is 8.55. The SMILES string of the molecule is Cc1cc(O)cc(C(=O)NO)c1. The Balaban J connectivity index is 3.08. The molecule has 4 nitrogen and oxygen atoms in total. The first-order valence-corrected chi connectivity index (χ1v) is 3.38. The van der Waals surface area contributed by atoms with E-state index in [1.807, 2.05) is 0 Å². The second-order valence-corrected chi connectivity index (χ2v) is 2.50. The minimum atomic E-state index is -0.631. The zero-order valence-corrected chi connectivity index (χ0v) is 6.53. The summed E-state index contributed by atoms with van der Waals surface area (Å²) >= 11 is 0. The second-order valence-electron chi connectivity index (χ2n) is 2.50. The summed E-state index contributed by atoms with van der Waals surface area (Å²) in [6.45, 7) is 1.74. The van der Waals surface area contributed by atoms with E-state index in [1.165, 1.54) is 17.6 Å². The summed E-state index contributed by atoms with van der Waals surface area (Å²) in [5, 5.41) is 17.4. The smallest absolute Gasteiger partial charge is 0.274 e. The van der Waals surface area contributed by atoms with Crippen molar-refractivity contribution in [2.75, 3.05) is 0 Å². The number of aryl methyl sites for hydroxylation is 1. The normalized spacial score (nSPS) is 9.50. The molecule has 0 fully saturated rings.